The van der Waals surface area contributed by atoms with Crippen LogP contribution in [0.25, 0.3) is 0 Å². The second kappa shape index (κ2) is 8.10. The van der Waals surface area contributed by atoms with Gasteiger partial charge in [0.05, 0.1) is 6.10 Å². The fourth-order valence-corrected chi connectivity index (χ4v) is 3.78. The summed E-state index contributed by atoms with van der Waals surface area (Å²) < 4.78 is 0.857. The third-order valence-electron chi connectivity index (χ3n) is 3.24. The molecule has 3 aromatic rings. The van der Waals surface area contributed by atoms with Crippen molar-refractivity contribution in [1.82, 2.24) is 10.2 Å². The predicted octanol–water partition coefficient (Wildman–Crippen LogP) is 3.98. The Balaban J connectivity index is 1.49. The van der Waals surface area contributed by atoms with Crippen molar-refractivity contribution < 1.29 is 5.11 Å². The second-order valence-electron chi connectivity index (χ2n) is 4.95. The van der Waals surface area contributed by atoms with E-state index in [0.29, 0.717) is 5.75 Å². The Bertz CT molecular complexity index is 719. The van der Waals surface area contributed by atoms with Gasteiger partial charge in [0.1, 0.15) is 0 Å². The van der Waals surface area contributed by atoms with Crippen LogP contribution >= 0.6 is 23.1 Å². The highest BCUT2D eigenvalue weighted by atomic mass is 32.2. The first-order valence-electron chi connectivity index (χ1n) is 7.28. The molecule has 0 aliphatic rings. The molecule has 4 nitrogen and oxygen atoms in total. The Hall–Kier alpha value is -1.89. The maximum atomic E-state index is 10.2. The molecule has 2 aromatic carbocycles. The lowest BCUT2D eigenvalue weighted by Gasteiger charge is -2.08. The van der Waals surface area contributed by atoms with Crippen molar-refractivity contribution in [2.24, 2.45) is 0 Å². The van der Waals surface area contributed by atoms with Crippen molar-refractivity contribution in [3.8, 4) is 0 Å². The van der Waals surface area contributed by atoms with Crippen LogP contribution in [0, 0.1) is 0 Å². The van der Waals surface area contributed by atoms with E-state index in [1.807, 2.05) is 48.5 Å². The van der Waals surface area contributed by atoms with E-state index in [-0.39, 0.29) is 0 Å². The van der Waals surface area contributed by atoms with Gasteiger partial charge in [-0.25, -0.2) is 0 Å². The smallest absolute Gasteiger partial charge is 0.206 e. The fourth-order valence-electron chi connectivity index (χ4n) is 2.03. The molecule has 1 atom stereocenters. The molecular formula is C17H17N3OS2. The highest BCUT2D eigenvalue weighted by Gasteiger charge is 2.10. The summed E-state index contributed by atoms with van der Waals surface area (Å²) in [6.45, 7) is 0.729. The summed E-state index contributed by atoms with van der Waals surface area (Å²) in [6.07, 6.45) is -0.495. The molecule has 118 valence electrons. The van der Waals surface area contributed by atoms with Gasteiger partial charge in [0, 0.05) is 12.3 Å². The first-order valence-corrected chi connectivity index (χ1v) is 9.08. The number of anilines is 1. The van der Waals surface area contributed by atoms with E-state index in [1.54, 1.807) is 0 Å². The summed E-state index contributed by atoms with van der Waals surface area (Å²) in [5.41, 5.74) is 2.13. The molecule has 2 N–H and O–H groups in total. The van der Waals surface area contributed by atoms with E-state index < -0.39 is 6.10 Å². The number of aliphatic hydroxyl groups is 1. The van der Waals surface area contributed by atoms with Crippen molar-refractivity contribution in [3.63, 3.8) is 0 Å². The molecule has 0 saturated carbocycles. The molecule has 0 spiro atoms. The van der Waals surface area contributed by atoms with Gasteiger partial charge in [-0.15, -0.1) is 10.2 Å². The normalized spacial score (nSPS) is 12.0. The van der Waals surface area contributed by atoms with Crippen LogP contribution < -0.4 is 5.32 Å². The lowest BCUT2D eigenvalue weighted by Crippen LogP contribution is -1.99. The molecule has 0 radical (unpaired) electrons. The molecule has 3 rings (SSSR count). The van der Waals surface area contributed by atoms with Crippen LogP contribution in [0.1, 0.15) is 17.2 Å². The monoisotopic (exact) mass is 343 g/mol. The molecule has 6 heteroatoms. The van der Waals surface area contributed by atoms with Crippen molar-refractivity contribution in [1.29, 1.82) is 0 Å². The number of aromatic nitrogens is 2. The minimum absolute atomic E-state index is 0.495. The summed E-state index contributed by atoms with van der Waals surface area (Å²) in [7, 11) is 0. The zero-order chi connectivity index (χ0) is 15.9. The van der Waals surface area contributed by atoms with Crippen LogP contribution in [0.2, 0.25) is 0 Å². The average molecular weight is 343 g/mol. The summed E-state index contributed by atoms with van der Waals surface area (Å²) in [5.74, 6) is 0.567. The van der Waals surface area contributed by atoms with Gasteiger partial charge in [-0.1, -0.05) is 83.8 Å². The van der Waals surface area contributed by atoms with Crippen LogP contribution in [0.3, 0.4) is 0 Å². The lowest BCUT2D eigenvalue weighted by molar-refractivity contribution is 0.204. The Morgan fingerprint density at radius 3 is 2.43 bits per heavy atom. The Kier molecular flexibility index (Phi) is 5.63. The summed E-state index contributed by atoms with van der Waals surface area (Å²) in [5, 5.41) is 22.5. The SMILES string of the molecule is O[C@H](CSc1nnc(NCc2ccccc2)s1)c1ccccc1. The quantitative estimate of drug-likeness (QED) is 0.636. The van der Waals surface area contributed by atoms with Gasteiger partial charge in [-0.3, -0.25) is 0 Å². The summed E-state index contributed by atoms with van der Waals surface area (Å²) in [4.78, 5) is 0. The summed E-state index contributed by atoms with van der Waals surface area (Å²) >= 11 is 3.03. The fraction of sp³-hybridized carbons (Fsp3) is 0.176. The molecule has 0 unspecified atom stereocenters. The lowest BCUT2D eigenvalue weighted by atomic mass is 10.1. The highest BCUT2D eigenvalue weighted by molar-refractivity contribution is 8.01. The number of hydrogen-bond acceptors (Lipinski definition) is 6. The van der Waals surface area contributed by atoms with Crippen molar-refractivity contribution >= 4 is 28.2 Å². The molecule has 0 bridgehead atoms. The largest absolute Gasteiger partial charge is 0.388 e. The number of aliphatic hydroxyl groups excluding tert-OH is 1. The first-order chi connectivity index (χ1) is 11.3. The molecule has 0 aliphatic carbocycles. The van der Waals surface area contributed by atoms with E-state index >= 15 is 0 Å². The van der Waals surface area contributed by atoms with Gasteiger partial charge in [0.2, 0.25) is 5.13 Å². The van der Waals surface area contributed by atoms with E-state index in [4.69, 9.17) is 0 Å². The molecule has 0 saturated heterocycles. The van der Waals surface area contributed by atoms with Crippen molar-refractivity contribution in [3.05, 3.63) is 71.8 Å². The minimum atomic E-state index is -0.495. The highest BCUT2D eigenvalue weighted by Crippen LogP contribution is 2.29. The maximum Gasteiger partial charge on any atom is 0.206 e. The Labute approximate surface area is 143 Å². The van der Waals surface area contributed by atoms with E-state index in [0.717, 1.165) is 21.6 Å². The van der Waals surface area contributed by atoms with Gasteiger partial charge in [-0.2, -0.15) is 0 Å². The number of rotatable bonds is 7. The number of nitrogens with one attached hydrogen (secondary N) is 1. The third-order valence-corrected chi connectivity index (χ3v) is 5.33. The molecule has 0 fully saturated rings. The minimum Gasteiger partial charge on any atom is -0.388 e. The van der Waals surface area contributed by atoms with Crippen LogP contribution in [0.5, 0.6) is 0 Å². The van der Waals surface area contributed by atoms with Crippen LogP contribution in [0.4, 0.5) is 5.13 Å². The zero-order valence-corrected chi connectivity index (χ0v) is 14.1. The Morgan fingerprint density at radius 1 is 1.00 bits per heavy atom. The van der Waals surface area contributed by atoms with Gasteiger partial charge < -0.3 is 10.4 Å². The number of benzene rings is 2. The first kappa shape index (κ1) is 16.0. The van der Waals surface area contributed by atoms with Crippen molar-refractivity contribution in [2.45, 2.75) is 17.0 Å². The third kappa shape index (κ3) is 4.79. The van der Waals surface area contributed by atoms with Crippen LogP contribution in [-0.2, 0) is 6.54 Å². The summed E-state index contributed by atoms with van der Waals surface area (Å²) in [6, 6.07) is 19.8. The predicted molar refractivity (Wildman–Crippen MR) is 95.8 cm³/mol. The van der Waals surface area contributed by atoms with E-state index in [1.165, 1.54) is 28.7 Å². The standard InChI is InChI=1S/C17H17N3OS2/c21-15(14-9-5-2-6-10-14)12-22-17-20-19-16(23-17)18-11-13-7-3-1-4-8-13/h1-10,15,21H,11-12H2,(H,18,19)/t15-/m1/s1. The molecular weight excluding hydrogens is 326 g/mol. The van der Waals surface area contributed by atoms with Crippen molar-refractivity contribution in [2.75, 3.05) is 11.1 Å². The number of nitrogens with zero attached hydrogens (tertiary/aromatic N) is 2. The Morgan fingerprint density at radius 2 is 1.70 bits per heavy atom. The van der Waals surface area contributed by atoms with Gasteiger partial charge in [-0.05, 0) is 11.1 Å². The molecule has 23 heavy (non-hydrogen) atoms. The number of thioether (sulfide) groups is 1. The number of hydrogen-bond donors (Lipinski definition) is 2. The van der Waals surface area contributed by atoms with Crippen LogP contribution in [-0.4, -0.2) is 21.1 Å². The maximum absolute atomic E-state index is 10.2. The molecule has 0 aliphatic heterocycles. The molecule has 1 heterocycles. The van der Waals surface area contributed by atoms with Gasteiger partial charge >= 0.3 is 0 Å². The van der Waals surface area contributed by atoms with E-state index in [2.05, 4.69) is 27.6 Å². The molecule has 1 aromatic heterocycles. The van der Waals surface area contributed by atoms with Gasteiger partial charge in [0.25, 0.3) is 0 Å². The van der Waals surface area contributed by atoms with Crippen LogP contribution in [0.15, 0.2) is 65.0 Å². The zero-order valence-electron chi connectivity index (χ0n) is 12.4. The van der Waals surface area contributed by atoms with Gasteiger partial charge in [0.15, 0.2) is 4.34 Å². The average Bonchev–Trinajstić information content (AvgIpc) is 3.07. The second-order valence-corrected chi connectivity index (χ2v) is 7.19. The van der Waals surface area contributed by atoms with E-state index in [9.17, 15) is 5.11 Å². The molecule has 0 amide bonds. The topological polar surface area (TPSA) is 58.0 Å².